The molecule has 2 saturated heterocycles. The monoisotopic (exact) mass is 356 g/mol. The van der Waals surface area contributed by atoms with E-state index in [1.807, 2.05) is 18.0 Å². The molecule has 0 aromatic heterocycles. The van der Waals surface area contributed by atoms with Crippen molar-refractivity contribution in [3.05, 3.63) is 27.7 Å². The highest BCUT2D eigenvalue weighted by molar-refractivity contribution is 6.42. The first kappa shape index (κ1) is 16.9. The van der Waals surface area contributed by atoms with Crippen molar-refractivity contribution in [3.63, 3.8) is 0 Å². The van der Waals surface area contributed by atoms with E-state index < -0.39 is 0 Å². The molecule has 126 valence electrons. The Morgan fingerprint density at radius 3 is 2.83 bits per heavy atom. The Morgan fingerprint density at radius 1 is 1.35 bits per heavy atom. The van der Waals surface area contributed by atoms with Gasteiger partial charge in [-0.2, -0.15) is 0 Å². The van der Waals surface area contributed by atoms with Crippen molar-refractivity contribution >= 4 is 29.1 Å². The van der Waals surface area contributed by atoms with Crippen LogP contribution in [0.3, 0.4) is 0 Å². The Bertz CT molecular complexity index is 609. The fourth-order valence-electron chi connectivity index (χ4n) is 4.04. The Balaban J connectivity index is 1.85. The van der Waals surface area contributed by atoms with Crippen molar-refractivity contribution < 1.29 is 9.53 Å². The summed E-state index contributed by atoms with van der Waals surface area (Å²) in [6.07, 6.45) is 2.59. The van der Waals surface area contributed by atoms with E-state index in [-0.39, 0.29) is 11.8 Å². The molecule has 3 rings (SSSR count). The molecule has 0 unspecified atom stereocenters. The van der Waals surface area contributed by atoms with Gasteiger partial charge in [0.05, 0.1) is 17.2 Å². The molecule has 2 heterocycles. The van der Waals surface area contributed by atoms with Crippen molar-refractivity contribution in [1.29, 1.82) is 0 Å². The van der Waals surface area contributed by atoms with Crippen LogP contribution >= 0.6 is 23.2 Å². The number of piperidine rings is 1. The van der Waals surface area contributed by atoms with Crippen LogP contribution in [0.25, 0.3) is 0 Å². The molecule has 0 bridgehead atoms. The van der Waals surface area contributed by atoms with Crippen molar-refractivity contribution in [3.8, 4) is 5.75 Å². The lowest BCUT2D eigenvalue weighted by atomic mass is 9.88. The number of amides is 1. The first-order valence-corrected chi connectivity index (χ1v) is 8.76. The van der Waals surface area contributed by atoms with E-state index >= 15 is 0 Å². The van der Waals surface area contributed by atoms with E-state index in [0.717, 1.165) is 30.7 Å². The molecule has 3 atom stereocenters. The molecule has 0 saturated carbocycles. The minimum atomic E-state index is 0.179. The summed E-state index contributed by atoms with van der Waals surface area (Å²) in [4.78, 5) is 14.5. The Labute approximate surface area is 147 Å². The summed E-state index contributed by atoms with van der Waals surface area (Å²) in [6.45, 7) is 1.59. The van der Waals surface area contributed by atoms with Gasteiger partial charge in [-0.1, -0.05) is 23.2 Å². The van der Waals surface area contributed by atoms with E-state index in [0.29, 0.717) is 35.0 Å². The number of methoxy groups -OCH3 is 1. The summed E-state index contributed by atoms with van der Waals surface area (Å²) < 4.78 is 5.48. The molecule has 0 aliphatic carbocycles. The topological polar surface area (TPSA) is 41.6 Å². The van der Waals surface area contributed by atoms with Crippen LogP contribution in [-0.4, -0.2) is 44.1 Å². The third-order valence-corrected chi connectivity index (χ3v) is 5.84. The number of nitrogens with zero attached hydrogens (tertiary/aromatic N) is 1. The van der Waals surface area contributed by atoms with Crippen molar-refractivity contribution in [2.75, 3.05) is 27.2 Å². The summed E-state index contributed by atoms with van der Waals surface area (Å²) in [5, 5.41) is 4.27. The summed E-state index contributed by atoms with van der Waals surface area (Å²) in [7, 11) is 3.57. The van der Waals surface area contributed by atoms with Gasteiger partial charge in [0.1, 0.15) is 5.75 Å². The molecule has 1 amide bonds. The predicted octanol–water partition coefficient (Wildman–Crippen LogP) is 3.32. The first-order valence-electron chi connectivity index (χ1n) is 8.01. The van der Waals surface area contributed by atoms with Gasteiger partial charge >= 0.3 is 0 Å². The lowest BCUT2D eigenvalue weighted by molar-refractivity contribution is -0.136. The van der Waals surface area contributed by atoms with Gasteiger partial charge in [-0.25, -0.2) is 0 Å². The number of rotatable bonds is 4. The van der Waals surface area contributed by atoms with Gasteiger partial charge in [-0.3, -0.25) is 4.79 Å². The molecule has 0 radical (unpaired) electrons. The van der Waals surface area contributed by atoms with Gasteiger partial charge in [-0.15, -0.1) is 0 Å². The number of ether oxygens (including phenoxy) is 1. The van der Waals surface area contributed by atoms with Crippen LogP contribution in [0.5, 0.6) is 5.75 Å². The second-order valence-corrected chi connectivity index (χ2v) is 7.26. The molecule has 4 nitrogen and oxygen atoms in total. The third-order valence-electron chi connectivity index (χ3n) is 5.02. The highest BCUT2D eigenvalue weighted by Gasteiger charge is 2.42. The number of carbonyl (C=O) groups is 1. The number of nitrogens with one attached hydrogen (secondary N) is 1. The van der Waals surface area contributed by atoms with Gasteiger partial charge in [0, 0.05) is 30.5 Å². The van der Waals surface area contributed by atoms with Crippen LogP contribution < -0.4 is 10.1 Å². The molecule has 1 aromatic rings. The number of hydrogen-bond donors (Lipinski definition) is 1. The molecule has 1 aromatic carbocycles. The van der Waals surface area contributed by atoms with E-state index in [1.54, 1.807) is 13.2 Å². The average molecular weight is 357 g/mol. The number of hydrogen-bond acceptors (Lipinski definition) is 3. The highest BCUT2D eigenvalue weighted by Crippen LogP contribution is 2.45. The smallest absolute Gasteiger partial charge is 0.223 e. The molecule has 1 N–H and O–H groups in total. The number of benzene rings is 1. The largest absolute Gasteiger partial charge is 0.496 e. The zero-order valence-corrected chi connectivity index (χ0v) is 15.0. The summed E-state index contributed by atoms with van der Waals surface area (Å²) in [5.74, 6) is 1.60. The van der Waals surface area contributed by atoms with Crippen LogP contribution in [0.4, 0.5) is 0 Å². The first-order chi connectivity index (χ1) is 11.0. The van der Waals surface area contributed by atoms with E-state index in [9.17, 15) is 4.79 Å². The summed E-state index contributed by atoms with van der Waals surface area (Å²) in [5.41, 5.74) is 0.939. The zero-order chi connectivity index (χ0) is 16.6. The Morgan fingerprint density at radius 2 is 2.13 bits per heavy atom. The van der Waals surface area contributed by atoms with E-state index in [1.165, 1.54) is 0 Å². The van der Waals surface area contributed by atoms with E-state index in [4.69, 9.17) is 27.9 Å². The molecule has 23 heavy (non-hydrogen) atoms. The maximum Gasteiger partial charge on any atom is 0.223 e. The predicted molar refractivity (Wildman–Crippen MR) is 92.5 cm³/mol. The molecular formula is C17H22Cl2N2O2. The lowest BCUT2D eigenvalue weighted by Gasteiger charge is -2.34. The second kappa shape index (κ2) is 6.88. The highest BCUT2D eigenvalue weighted by atomic mass is 35.5. The van der Waals surface area contributed by atoms with Gasteiger partial charge in [0.15, 0.2) is 0 Å². The molecule has 2 fully saturated rings. The van der Waals surface area contributed by atoms with Gasteiger partial charge < -0.3 is 15.0 Å². The molecule has 6 heteroatoms. The molecule has 2 aliphatic rings. The fourth-order valence-corrected chi connectivity index (χ4v) is 4.51. The van der Waals surface area contributed by atoms with Crippen molar-refractivity contribution in [2.24, 2.45) is 5.92 Å². The normalized spacial score (nSPS) is 27.2. The van der Waals surface area contributed by atoms with Gasteiger partial charge in [-0.05, 0) is 44.5 Å². The molecule has 2 aliphatic heterocycles. The van der Waals surface area contributed by atoms with E-state index in [2.05, 4.69) is 5.32 Å². The molecular weight excluding hydrogens is 335 g/mol. The average Bonchev–Trinajstić information content (AvgIpc) is 2.94. The van der Waals surface area contributed by atoms with Crippen molar-refractivity contribution in [2.45, 2.75) is 31.2 Å². The van der Waals surface area contributed by atoms with Crippen molar-refractivity contribution in [1.82, 2.24) is 10.2 Å². The number of halogens is 2. The van der Waals surface area contributed by atoms with Crippen LogP contribution in [0.1, 0.15) is 30.7 Å². The van der Waals surface area contributed by atoms with Gasteiger partial charge in [0.25, 0.3) is 0 Å². The Kier molecular flexibility index (Phi) is 5.04. The zero-order valence-electron chi connectivity index (χ0n) is 13.4. The van der Waals surface area contributed by atoms with Gasteiger partial charge in [0.2, 0.25) is 5.91 Å². The lowest BCUT2D eigenvalue weighted by Crippen LogP contribution is -2.44. The third kappa shape index (κ3) is 3.17. The fraction of sp³-hybridized carbons (Fsp3) is 0.588. The quantitative estimate of drug-likeness (QED) is 0.899. The minimum absolute atomic E-state index is 0.179. The minimum Gasteiger partial charge on any atom is -0.496 e. The number of fused-ring (bicyclic) bond motifs is 1. The second-order valence-electron chi connectivity index (χ2n) is 6.47. The van der Waals surface area contributed by atoms with Crippen LogP contribution in [-0.2, 0) is 4.79 Å². The van der Waals surface area contributed by atoms with Crippen LogP contribution in [0.15, 0.2) is 12.1 Å². The van der Waals surface area contributed by atoms with Crippen LogP contribution in [0.2, 0.25) is 10.0 Å². The Hall–Kier alpha value is -0.970. The number of carbonyl (C=O) groups excluding carboxylic acids is 1. The maximum absolute atomic E-state index is 12.5. The summed E-state index contributed by atoms with van der Waals surface area (Å²) >= 11 is 12.6. The SMILES string of the molecule is CNC[C@@H]1CC(=O)N2C[C@@H](c3c(OC)ccc(Cl)c3Cl)C[C@H]2C1. The van der Waals surface area contributed by atoms with Crippen LogP contribution in [0, 0.1) is 5.92 Å². The standard InChI is InChI=1S/C17H22Cl2N2O2/c1-20-8-10-5-12-7-11(9-21(12)15(22)6-10)16-14(23-2)4-3-13(18)17(16)19/h3-4,10-12,20H,5-9H2,1-2H3/t10-,11-,12+/m0/s1. The maximum atomic E-state index is 12.5. The molecule has 0 spiro atoms. The summed E-state index contributed by atoms with van der Waals surface area (Å²) in [6, 6.07) is 3.90.